The predicted molar refractivity (Wildman–Crippen MR) is 65.6 cm³/mol. The van der Waals surface area contributed by atoms with Crippen molar-refractivity contribution in [2.75, 3.05) is 25.5 Å². The normalized spacial score (nSPS) is 18.7. The fraction of sp³-hybridized carbons (Fsp3) is 0.667. The van der Waals surface area contributed by atoms with Gasteiger partial charge in [0.15, 0.2) is 0 Å². The molecule has 0 aliphatic carbocycles. The molecular weight excluding hydrogens is 200 g/mol. The number of aryl methyl sites for hydroxylation is 2. The Bertz CT molecular complexity index is 356. The second-order valence-corrected chi connectivity index (χ2v) is 4.67. The van der Waals surface area contributed by atoms with Gasteiger partial charge in [-0.2, -0.15) is 0 Å². The van der Waals surface area contributed by atoms with Crippen molar-refractivity contribution in [3.63, 3.8) is 0 Å². The Morgan fingerprint density at radius 3 is 2.69 bits per heavy atom. The molecule has 0 radical (unpaired) electrons. The lowest BCUT2D eigenvalue weighted by Crippen LogP contribution is -2.37. The van der Waals surface area contributed by atoms with Crippen LogP contribution in [0.5, 0.6) is 0 Å². The number of aromatic nitrogens is 2. The first-order chi connectivity index (χ1) is 7.65. The van der Waals surface area contributed by atoms with Crippen molar-refractivity contribution in [1.82, 2.24) is 14.9 Å². The summed E-state index contributed by atoms with van der Waals surface area (Å²) in [5, 5.41) is 3.51. The maximum absolute atomic E-state index is 4.50. The molecule has 2 rings (SSSR count). The zero-order valence-electron chi connectivity index (χ0n) is 10.3. The maximum Gasteiger partial charge on any atom is 0.147 e. The summed E-state index contributed by atoms with van der Waals surface area (Å²) in [6.07, 6.45) is 4.19. The molecule has 1 aromatic heterocycles. The van der Waals surface area contributed by atoms with E-state index >= 15 is 0 Å². The van der Waals surface area contributed by atoms with Gasteiger partial charge in [0.2, 0.25) is 0 Å². The smallest absolute Gasteiger partial charge is 0.147 e. The molecule has 4 nitrogen and oxygen atoms in total. The number of nitrogens with zero attached hydrogens (tertiary/aromatic N) is 3. The molecule has 0 bridgehead atoms. The predicted octanol–water partition coefficient (Wildman–Crippen LogP) is 1.60. The quantitative estimate of drug-likeness (QED) is 0.822. The van der Waals surface area contributed by atoms with Crippen molar-refractivity contribution in [3.05, 3.63) is 17.6 Å². The van der Waals surface area contributed by atoms with Gasteiger partial charge in [-0.25, -0.2) is 4.98 Å². The lowest BCUT2D eigenvalue weighted by atomic mass is 10.1. The fourth-order valence-corrected chi connectivity index (χ4v) is 2.02. The van der Waals surface area contributed by atoms with Crippen molar-refractivity contribution in [1.29, 1.82) is 0 Å². The van der Waals surface area contributed by atoms with Gasteiger partial charge in [-0.15, -0.1) is 0 Å². The number of likely N-dealkylation sites (tertiary alicyclic amines) is 1. The molecule has 1 fully saturated rings. The fourth-order valence-electron chi connectivity index (χ4n) is 2.02. The molecule has 1 aliphatic heterocycles. The first-order valence-corrected chi connectivity index (χ1v) is 5.90. The molecule has 1 saturated heterocycles. The maximum atomic E-state index is 4.50. The molecule has 2 heterocycles. The van der Waals surface area contributed by atoms with Crippen molar-refractivity contribution in [3.8, 4) is 0 Å². The molecule has 1 N–H and O–H groups in total. The highest BCUT2D eigenvalue weighted by Gasteiger charge is 2.17. The van der Waals surface area contributed by atoms with E-state index in [2.05, 4.69) is 27.2 Å². The largest absolute Gasteiger partial charge is 0.366 e. The number of piperidine rings is 1. The summed E-state index contributed by atoms with van der Waals surface area (Å²) in [6, 6.07) is 0.547. The highest BCUT2D eigenvalue weighted by atomic mass is 15.1. The topological polar surface area (TPSA) is 41.1 Å². The van der Waals surface area contributed by atoms with Crippen LogP contribution in [0.2, 0.25) is 0 Å². The van der Waals surface area contributed by atoms with E-state index in [0.29, 0.717) is 6.04 Å². The van der Waals surface area contributed by atoms with Gasteiger partial charge < -0.3 is 10.2 Å². The molecule has 1 aliphatic rings. The van der Waals surface area contributed by atoms with Crippen LogP contribution in [-0.4, -0.2) is 41.0 Å². The third kappa shape index (κ3) is 2.70. The molecule has 1 aromatic rings. The number of hydrogen-bond acceptors (Lipinski definition) is 4. The average molecular weight is 220 g/mol. The lowest BCUT2D eigenvalue weighted by Gasteiger charge is -2.30. The van der Waals surface area contributed by atoms with Crippen LogP contribution in [-0.2, 0) is 0 Å². The van der Waals surface area contributed by atoms with E-state index in [4.69, 9.17) is 0 Å². The second-order valence-electron chi connectivity index (χ2n) is 4.67. The summed E-state index contributed by atoms with van der Waals surface area (Å²) < 4.78 is 0. The molecule has 0 atom stereocenters. The van der Waals surface area contributed by atoms with Gasteiger partial charge in [-0.3, -0.25) is 4.98 Å². The standard InChI is InChI=1S/C12H20N4/c1-9-8-13-10(2)12(14-9)15-11-4-6-16(3)7-5-11/h8,11H,4-7H2,1-3H3,(H,14,15). The lowest BCUT2D eigenvalue weighted by molar-refractivity contribution is 0.263. The SMILES string of the molecule is Cc1cnc(C)c(NC2CCN(C)CC2)n1. The van der Waals surface area contributed by atoms with Crippen molar-refractivity contribution < 1.29 is 0 Å². The van der Waals surface area contributed by atoms with E-state index in [9.17, 15) is 0 Å². The third-order valence-electron chi connectivity index (χ3n) is 3.14. The highest BCUT2D eigenvalue weighted by molar-refractivity contribution is 5.40. The molecule has 88 valence electrons. The van der Waals surface area contributed by atoms with Crippen LogP contribution in [0.15, 0.2) is 6.20 Å². The highest BCUT2D eigenvalue weighted by Crippen LogP contribution is 2.16. The van der Waals surface area contributed by atoms with Gasteiger partial charge in [0.25, 0.3) is 0 Å². The van der Waals surface area contributed by atoms with Gasteiger partial charge >= 0.3 is 0 Å². The first kappa shape index (κ1) is 11.3. The summed E-state index contributed by atoms with van der Waals surface area (Å²) in [6.45, 7) is 6.31. The zero-order chi connectivity index (χ0) is 11.5. The molecular formula is C12H20N4. The van der Waals surface area contributed by atoms with Gasteiger partial charge in [0.05, 0.1) is 11.4 Å². The number of hydrogen-bond donors (Lipinski definition) is 1. The molecule has 16 heavy (non-hydrogen) atoms. The van der Waals surface area contributed by atoms with Crippen LogP contribution in [0.25, 0.3) is 0 Å². The molecule has 0 amide bonds. The molecule has 0 saturated carbocycles. The van der Waals surface area contributed by atoms with Crippen LogP contribution in [0.3, 0.4) is 0 Å². The summed E-state index contributed by atoms with van der Waals surface area (Å²) in [7, 11) is 2.17. The molecule has 0 unspecified atom stereocenters. The zero-order valence-corrected chi connectivity index (χ0v) is 10.3. The minimum atomic E-state index is 0.547. The van der Waals surface area contributed by atoms with E-state index in [1.165, 1.54) is 12.8 Å². The molecule has 0 aromatic carbocycles. The van der Waals surface area contributed by atoms with E-state index in [1.807, 2.05) is 20.0 Å². The summed E-state index contributed by atoms with van der Waals surface area (Å²) in [5.41, 5.74) is 1.96. The summed E-state index contributed by atoms with van der Waals surface area (Å²) in [4.78, 5) is 11.2. The monoisotopic (exact) mass is 220 g/mol. The minimum absolute atomic E-state index is 0.547. The van der Waals surface area contributed by atoms with Gasteiger partial charge in [0.1, 0.15) is 5.82 Å². The van der Waals surface area contributed by atoms with Gasteiger partial charge in [-0.1, -0.05) is 0 Å². The summed E-state index contributed by atoms with van der Waals surface area (Å²) >= 11 is 0. The molecule has 0 spiro atoms. The van der Waals surface area contributed by atoms with Crippen molar-refractivity contribution in [2.45, 2.75) is 32.7 Å². The van der Waals surface area contributed by atoms with E-state index in [0.717, 1.165) is 30.3 Å². The summed E-state index contributed by atoms with van der Waals surface area (Å²) in [5.74, 6) is 0.953. The Morgan fingerprint density at radius 2 is 2.00 bits per heavy atom. The van der Waals surface area contributed by atoms with Crippen molar-refractivity contribution in [2.24, 2.45) is 0 Å². The van der Waals surface area contributed by atoms with Crippen LogP contribution < -0.4 is 5.32 Å². The second kappa shape index (κ2) is 4.78. The van der Waals surface area contributed by atoms with Crippen molar-refractivity contribution >= 4 is 5.82 Å². The Balaban J connectivity index is 2.00. The average Bonchev–Trinajstić information content (AvgIpc) is 2.27. The number of rotatable bonds is 2. The van der Waals surface area contributed by atoms with E-state index in [-0.39, 0.29) is 0 Å². The van der Waals surface area contributed by atoms with Gasteiger partial charge in [0, 0.05) is 12.2 Å². The van der Waals surface area contributed by atoms with E-state index in [1.54, 1.807) is 0 Å². The van der Waals surface area contributed by atoms with Gasteiger partial charge in [-0.05, 0) is 46.8 Å². The van der Waals surface area contributed by atoms with Crippen LogP contribution >= 0.6 is 0 Å². The number of nitrogens with one attached hydrogen (secondary N) is 1. The molecule has 4 heteroatoms. The van der Waals surface area contributed by atoms with Crippen LogP contribution in [0.4, 0.5) is 5.82 Å². The Kier molecular flexibility index (Phi) is 3.39. The Hall–Kier alpha value is -1.16. The minimum Gasteiger partial charge on any atom is -0.366 e. The Labute approximate surface area is 97.1 Å². The Morgan fingerprint density at radius 1 is 1.31 bits per heavy atom. The number of anilines is 1. The first-order valence-electron chi connectivity index (χ1n) is 5.90. The van der Waals surface area contributed by atoms with Crippen LogP contribution in [0, 0.1) is 13.8 Å². The third-order valence-corrected chi connectivity index (χ3v) is 3.14. The van der Waals surface area contributed by atoms with Crippen LogP contribution in [0.1, 0.15) is 24.2 Å². The van der Waals surface area contributed by atoms with E-state index < -0.39 is 0 Å².